The summed E-state index contributed by atoms with van der Waals surface area (Å²) in [5, 5.41) is 6.07. The third kappa shape index (κ3) is 5.20. The summed E-state index contributed by atoms with van der Waals surface area (Å²) in [6.45, 7) is 9.04. The molecule has 3 atom stereocenters. The van der Waals surface area contributed by atoms with E-state index >= 15 is 0 Å². The van der Waals surface area contributed by atoms with E-state index < -0.39 is 5.82 Å². The Kier molecular flexibility index (Phi) is 6.35. The first-order valence-electron chi connectivity index (χ1n) is 13.3. The van der Waals surface area contributed by atoms with Crippen molar-refractivity contribution in [3.05, 3.63) is 29.6 Å². The Morgan fingerprint density at radius 3 is 2.54 bits per heavy atom. The van der Waals surface area contributed by atoms with Crippen molar-refractivity contribution in [1.29, 1.82) is 0 Å². The maximum atomic E-state index is 15.0. The van der Waals surface area contributed by atoms with Crippen LogP contribution in [0.25, 0.3) is 0 Å². The zero-order valence-electron chi connectivity index (χ0n) is 21.4. The second kappa shape index (κ2) is 9.06. The van der Waals surface area contributed by atoms with Crippen molar-refractivity contribution in [3.63, 3.8) is 0 Å². The molecule has 0 aromatic heterocycles. The van der Waals surface area contributed by atoms with Crippen LogP contribution in [0.4, 0.5) is 14.9 Å². The van der Waals surface area contributed by atoms with Gasteiger partial charge in [-0.3, -0.25) is 9.69 Å². The van der Waals surface area contributed by atoms with Gasteiger partial charge in [-0.15, -0.1) is 0 Å². The number of nitrogens with one attached hydrogen (secondary N) is 2. The molecule has 192 valence electrons. The second-order valence-electron chi connectivity index (χ2n) is 12.6. The topological polar surface area (TPSA) is 70.7 Å². The number of ether oxygens (including phenoxy) is 1. The Labute approximate surface area is 208 Å². The number of hydrogen-bond acceptors (Lipinski definition) is 4. The van der Waals surface area contributed by atoms with Crippen LogP contribution in [0.3, 0.4) is 0 Å². The van der Waals surface area contributed by atoms with E-state index in [-0.39, 0.29) is 29.1 Å². The average molecular weight is 486 g/mol. The number of rotatable bonds is 6. The van der Waals surface area contributed by atoms with Gasteiger partial charge < -0.3 is 15.4 Å². The number of likely N-dealkylation sites (tertiary alicyclic amines) is 1. The molecule has 1 aromatic rings. The van der Waals surface area contributed by atoms with Crippen molar-refractivity contribution >= 4 is 17.7 Å². The van der Waals surface area contributed by atoms with Crippen LogP contribution in [0.5, 0.6) is 0 Å². The highest BCUT2D eigenvalue weighted by Crippen LogP contribution is 2.66. The van der Waals surface area contributed by atoms with Gasteiger partial charge in [-0.25, -0.2) is 9.18 Å². The normalized spacial score (nSPS) is 36.1. The van der Waals surface area contributed by atoms with Crippen molar-refractivity contribution in [3.8, 4) is 0 Å². The van der Waals surface area contributed by atoms with Crippen LogP contribution in [-0.4, -0.2) is 42.1 Å². The van der Waals surface area contributed by atoms with E-state index in [2.05, 4.69) is 29.4 Å². The lowest BCUT2D eigenvalue weighted by Crippen LogP contribution is -2.65. The number of halogens is 1. The van der Waals surface area contributed by atoms with Gasteiger partial charge in [-0.2, -0.15) is 0 Å². The van der Waals surface area contributed by atoms with Gasteiger partial charge in [0.2, 0.25) is 0 Å². The number of anilines is 1. The summed E-state index contributed by atoms with van der Waals surface area (Å²) in [6, 6.07) is 4.70. The molecule has 2 N–H and O–H groups in total. The fourth-order valence-electron chi connectivity index (χ4n) is 8.65. The van der Waals surface area contributed by atoms with Gasteiger partial charge in [-0.1, -0.05) is 19.9 Å². The first-order valence-corrected chi connectivity index (χ1v) is 13.3. The predicted octanol–water partition coefficient (Wildman–Crippen LogP) is 5.47. The van der Waals surface area contributed by atoms with Gasteiger partial charge in [0, 0.05) is 18.6 Å². The van der Waals surface area contributed by atoms with E-state index in [0.717, 1.165) is 44.2 Å². The fraction of sp³-hybridized carbons (Fsp3) is 0.714. The summed E-state index contributed by atoms with van der Waals surface area (Å²) < 4.78 is 20.1. The number of nitrogens with zero attached hydrogens (tertiary/aromatic N) is 1. The monoisotopic (exact) mass is 485 g/mol. The summed E-state index contributed by atoms with van der Waals surface area (Å²) in [4.78, 5) is 27.3. The molecule has 35 heavy (non-hydrogen) atoms. The summed E-state index contributed by atoms with van der Waals surface area (Å²) in [5.41, 5.74) is 1.47. The molecular weight excluding hydrogens is 445 g/mol. The van der Waals surface area contributed by atoms with Crippen LogP contribution in [0, 0.1) is 28.5 Å². The number of amides is 2. The van der Waals surface area contributed by atoms with Gasteiger partial charge in [-0.05, 0) is 99.3 Å². The maximum absolute atomic E-state index is 15.0. The molecule has 1 heterocycles. The van der Waals surface area contributed by atoms with Gasteiger partial charge in [0.15, 0.2) is 0 Å². The lowest BCUT2D eigenvalue weighted by Gasteiger charge is -2.65. The SMILES string of the molecule is CCOC(=O)C1CCCN(Cc2ccc(NC(=O)NC34CC5C[C@](C)(C3)C[C@](C)(C5)C4)c(F)c2)C1. The van der Waals surface area contributed by atoms with Crippen LogP contribution in [0.15, 0.2) is 18.2 Å². The van der Waals surface area contributed by atoms with Gasteiger partial charge in [0.05, 0.1) is 18.2 Å². The summed E-state index contributed by atoms with van der Waals surface area (Å²) >= 11 is 0. The molecule has 4 bridgehead atoms. The molecule has 4 aliphatic carbocycles. The predicted molar refractivity (Wildman–Crippen MR) is 133 cm³/mol. The Morgan fingerprint density at radius 2 is 1.89 bits per heavy atom. The molecule has 5 aliphatic rings. The fourth-order valence-corrected chi connectivity index (χ4v) is 8.65. The van der Waals surface area contributed by atoms with E-state index in [1.54, 1.807) is 6.07 Å². The minimum atomic E-state index is -0.430. The number of benzene rings is 1. The minimum Gasteiger partial charge on any atom is -0.466 e. The van der Waals surface area contributed by atoms with Crippen LogP contribution in [-0.2, 0) is 16.1 Å². The standard InChI is InChI=1S/C28H40FN3O3/c1-4-35-24(33)21-6-5-9-32(15-21)14-19-7-8-23(22(29)10-19)30-25(34)31-28-13-20-11-26(2,17-28)16-27(3,12-20)18-28/h7-8,10,20-21H,4-6,9,11-18H2,1-3H3,(H2,30,31,34)/t20?,21?,26-,27-,28?/m0/s1. The molecule has 5 fully saturated rings. The number of carbonyl (C=O) groups is 2. The molecule has 0 spiro atoms. The quantitative estimate of drug-likeness (QED) is 0.524. The number of urea groups is 1. The van der Waals surface area contributed by atoms with Crippen molar-refractivity contribution in [2.24, 2.45) is 22.7 Å². The molecule has 6 nitrogen and oxygen atoms in total. The molecule has 4 saturated carbocycles. The molecular formula is C28H40FN3O3. The van der Waals surface area contributed by atoms with Crippen LogP contribution in [0.2, 0.25) is 0 Å². The molecule has 7 heteroatoms. The number of carbonyl (C=O) groups excluding carboxylic acids is 2. The second-order valence-corrected chi connectivity index (χ2v) is 12.6. The first-order chi connectivity index (χ1) is 16.6. The van der Waals surface area contributed by atoms with Crippen molar-refractivity contribution in [2.45, 2.75) is 84.2 Å². The highest BCUT2D eigenvalue weighted by atomic mass is 19.1. The summed E-state index contributed by atoms with van der Waals surface area (Å²) in [7, 11) is 0. The Bertz CT molecular complexity index is 980. The third-order valence-electron chi connectivity index (χ3n) is 8.82. The molecule has 1 unspecified atom stereocenters. The van der Waals surface area contributed by atoms with Gasteiger partial charge in [0.25, 0.3) is 0 Å². The molecule has 1 aromatic carbocycles. The van der Waals surface area contributed by atoms with E-state index in [1.807, 2.05) is 13.0 Å². The number of piperidine rings is 1. The molecule has 0 radical (unpaired) electrons. The van der Waals surface area contributed by atoms with Crippen molar-refractivity contribution < 1.29 is 18.7 Å². The zero-order valence-corrected chi connectivity index (χ0v) is 21.4. The average Bonchev–Trinajstić information content (AvgIpc) is 2.73. The Morgan fingerprint density at radius 1 is 1.14 bits per heavy atom. The highest BCUT2D eigenvalue weighted by molar-refractivity contribution is 5.90. The first kappa shape index (κ1) is 24.5. The smallest absolute Gasteiger partial charge is 0.319 e. The zero-order chi connectivity index (χ0) is 24.8. The Hall–Kier alpha value is -2.15. The number of esters is 1. The molecule has 1 aliphatic heterocycles. The largest absolute Gasteiger partial charge is 0.466 e. The van der Waals surface area contributed by atoms with Gasteiger partial charge in [0.1, 0.15) is 5.82 Å². The molecule has 1 saturated heterocycles. The van der Waals surface area contributed by atoms with Crippen LogP contribution >= 0.6 is 0 Å². The highest BCUT2D eigenvalue weighted by Gasteiger charge is 2.60. The maximum Gasteiger partial charge on any atom is 0.319 e. The van der Waals surface area contributed by atoms with Gasteiger partial charge >= 0.3 is 12.0 Å². The van der Waals surface area contributed by atoms with Crippen molar-refractivity contribution in [1.82, 2.24) is 10.2 Å². The minimum absolute atomic E-state index is 0.118. The van der Waals surface area contributed by atoms with Crippen LogP contribution < -0.4 is 10.6 Å². The summed E-state index contributed by atoms with van der Waals surface area (Å²) in [6.07, 6.45) is 8.61. The van der Waals surface area contributed by atoms with E-state index in [9.17, 15) is 14.0 Å². The molecule has 2 amide bonds. The Balaban J connectivity index is 1.19. The lowest BCUT2D eigenvalue weighted by molar-refractivity contribution is -0.150. The van der Waals surface area contributed by atoms with E-state index in [0.29, 0.717) is 36.4 Å². The number of hydrogen-bond donors (Lipinski definition) is 2. The van der Waals surface area contributed by atoms with Crippen LogP contribution in [0.1, 0.15) is 77.7 Å². The third-order valence-corrected chi connectivity index (χ3v) is 8.82. The van der Waals surface area contributed by atoms with Crippen molar-refractivity contribution in [2.75, 3.05) is 25.0 Å². The lowest BCUT2D eigenvalue weighted by atomic mass is 9.43. The summed E-state index contributed by atoms with van der Waals surface area (Å²) in [5.74, 6) is -0.0138. The van der Waals surface area contributed by atoms with E-state index in [4.69, 9.17) is 4.74 Å². The van der Waals surface area contributed by atoms with E-state index in [1.165, 1.54) is 25.3 Å². The molecule has 6 rings (SSSR count).